The van der Waals surface area contributed by atoms with Crippen molar-refractivity contribution in [1.29, 1.82) is 0 Å². The molecule has 0 atom stereocenters. The molecule has 3 nitrogen and oxygen atoms in total. The Balaban J connectivity index is 1.77. The van der Waals surface area contributed by atoms with E-state index in [0.717, 1.165) is 23.6 Å². The first-order valence-corrected chi connectivity index (χ1v) is 10.7. The minimum Gasteiger partial charge on any atom is -0.341 e. The molecule has 0 bridgehead atoms. The first-order valence-electron chi connectivity index (χ1n) is 10.7. The highest BCUT2D eigenvalue weighted by atomic mass is 15.0. The number of aromatic amines is 1. The van der Waals surface area contributed by atoms with Gasteiger partial charge in [-0.25, -0.2) is 4.98 Å². The molecule has 2 heterocycles. The van der Waals surface area contributed by atoms with E-state index < -0.39 is 0 Å². The topological polar surface area (TPSA) is 33.6 Å². The van der Waals surface area contributed by atoms with Gasteiger partial charge in [-0.1, -0.05) is 31.2 Å². The predicted molar refractivity (Wildman–Crippen MR) is 123 cm³/mol. The number of hydrogen-bond acceptors (Lipinski definition) is 1. The highest BCUT2D eigenvalue weighted by molar-refractivity contribution is 5.75. The number of allylic oxidation sites excluding steroid dienone is 4. The number of fused-ring (bicyclic) bond motifs is 1. The maximum absolute atomic E-state index is 5.00. The van der Waals surface area contributed by atoms with Crippen LogP contribution in [0.5, 0.6) is 0 Å². The molecule has 1 aliphatic carbocycles. The molecule has 0 aliphatic heterocycles. The van der Waals surface area contributed by atoms with E-state index >= 15 is 0 Å². The lowest BCUT2D eigenvalue weighted by Crippen LogP contribution is -2.00. The van der Waals surface area contributed by atoms with Crippen molar-refractivity contribution < 1.29 is 0 Å². The van der Waals surface area contributed by atoms with E-state index in [4.69, 9.17) is 4.98 Å². The van der Waals surface area contributed by atoms with Gasteiger partial charge in [0.1, 0.15) is 5.82 Å². The van der Waals surface area contributed by atoms with Crippen LogP contribution in [0.25, 0.3) is 22.6 Å². The Morgan fingerprint density at radius 2 is 1.93 bits per heavy atom. The van der Waals surface area contributed by atoms with Gasteiger partial charge in [0.05, 0.1) is 5.69 Å². The van der Waals surface area contributed by atoms with Gasteiger partial charge < -0.3 is 9.55 Å². The van der Waals surface area contributed by atoms with Crippen LogP contribution in [-0.2, 0) is 12.8 Å². The molecule has 3 aromatic rings. The fraction of sp³-hybridized carbons (Fsp3) is 0.346. The Morgan fingerprint density at radius 1 is 1.14 bits per heavy atom. The van der Waals surface area contributed by atoms with Crippen LogP contribution in [0.15, 0.2) is 42.5 Å². The largest absolute Gasteiger partial charge is 0.341 e. The third-order valence-corrected chi connectivity index (χ3v) is 5.95. The van der Waals surface area contributed by atoms with Gasteiger partial charge in [-0.2, -0.15) is 0 Å². The lowest BCUT2D eigenvalue weighted by atomic mass is 10.1. The van der Waals surface area contributed by atoms with E-state index in [9.17, 15) is 0 Å². The molecule has 1 aliphatic rings. The molecule has 29 heavy (non-hydrogen) atoms. The summed E-state index contributed by atoms with van der Waals surface area (Å²) in [5, 5.41) is 0. The summed E-state index contributed by atoms with van der Waals surface area (Å²) in [6.07, 6.45) is 11.2. The van der Waals surface area contributed by atoms with Crippen molar-refractivity contribution in [2.24, 2.45) is 0 Å². The van der Waals surface area contributed by atoms with Crippen LogP contribution in [-0.4, -0.2) is 14.5 Å². The number of nitrogens with one attached hydrogen (secondary N) is 1. The summed E-state index contributed by atoms with van der Waals surface area (Å²) < 4.78 is 2.36. The van der Waals surface area contributed by atoms with Gasteiger partial charge >= 0.3 is 0 Å². The van der Waals surface area contributed by atoms with Crippen LogP contribution >= 0.6 is 0 Å². The zero-order valence-corrected chi connectivity index (χ0v) is 18.3. The first-order chi connectivity index (χ1) is 14.0. The normalized spacial score (nSPS) is 14.2. The van der Waals surface area contributed by atoms with Gasteiger partial charge in [-0.05, 0) is 88.3 Å². The fourth-order valence-electron chi connectivity index (χ4n) is 4.61. The number of rotatable bonds is 5. The van der Waals surface area contributed by atoms with Gasteiger partial charge in [0.25, 0.3) is 0 Å². The van der Waals surface area contributed by atoms with Gasteiger partial charge in [0.15, 0.2) is 0 Å². The van der Waals surface area contributed by atoms with E-state index in [1.165, 1.54) is 58.6 Å². The first kappa shape index (κ1) is 19.5. The summed E-state index contributed by atoms with van der Waals surface area (Å²) in [5.41, 5.74) is 11.3. The second kappa shape index (κ2) is 7.90. The second-order valence-electron chi connectivity index (χ2n) is 8.05. The molecule has 150 valence electrons. The Hall–Kier alpha value is -2.81. The van der Waals surface area contributed by atoms with Gasteiger partial charge in [0, 0.05) is 28.3 Å². The molecule has 0 spiro atoms. The number of imidazole rings is 1. The summed E-state index contributed by atoms with van der Waals surface area (Å²) >= 11 is 0. The number of H-pyrrole nitrogens is 1. The third-order valence-electron chi connectivity index (χ3n) is 5.95. The average molecular weight is 386 g/mol. The predicted octanol–water partition coefficient (Wildman–Crippen LogP) is 6.65. The second-order valence-corrected chi connectivity index (χ2v) is 8.05. The molecule has 3 heteroatoms. The average Bonchev–Trinajstić information content (AvgIpc) is 3.38. The van der Waals surface area contributed by atoms with Crippen molar-refractivity contribution in [1.82, 2.24) is 14.5 Å². The highest BCUT2D eigenvalue weighted by Gasteiger charge is 2.18. The van der Waals surface area contributed by atoms with Crippen molar-refractivity contribution >= 4 is 5.57 Å². The Bertz CT molecular complexity index is 1110. The van der Waals surface area contributed by atoms with Crippen molar-refractivity contribution in [3.63, 3.8) is 0 Å². The van der Waals surface area contributed by atoms with Gasteiger partial charge in [-0.3, -0.25) is 0 Å². The van der Waals surface area contributed by atoms with E-state index in [0.29, 0.717) is 0 Å². The minimum atomic E-state index is 0.949. The van der Waals surface area contributed by atoms with Gasteiger partial charge in [-0.15, -0.1) is 0 Å². The molecule has 1 aromatic carbocycles. The van der Waals surface area contributed by atoms with Crippen molar-refractivity contribution in [3.05, 3.63) is 76.4 Å². The monoisotopic (exact) mass is 385 g/mol. The minimum absolute atomic E-state index is 0.949. The Labute approximate surface area is 174 Å². The fourth-order valence-corrected chi connectivity index (χ4v) is 4.61. The van der Waals surface area contributed by atoms with E-state index in [2.05, 4.69) is 86.7 Å². The SMILES string of the molecule is C/C=C\C(=C/CC)c1nc(-c2cc(C)n(-c3ccc4c(c3)CCC4)c2C)[nH]c1C. The van der Waals surface area contributed by atoms with Crippen LogP contribution in [0.2, 0.25) is 0 Å². The molecule has 0 unspecified atom stereocenters. The zero-order valence-electron chi connectivity index (χ0n) is 18.3. The Morgan fingerprint density at radius 3 is 2.69 bits per heavy atom. The van der Waals surface area contributed by atoms with Crippen LogP contribution in [0.3, 0.4) is 0 Å². The smallest absolute Gasteiger partial charge is 0.140 e. The van der Waals surface area contributed by atoms with Crippen LogP contribution < -0.4 is 0 Å². The number of aromatic nitrogens is 3. The molecule has 0 saturated carbocycles. The molecular formula is C26H31N3. The molecule has 2 aromatic heterocycles. The summed E-state index contributed by atoms with van der Waals surface area (Å²) in [6, 6.07) is 9.20. The van der Waals surface area contributed by atoms with E-state index in [-0.39, 0.29) is 0 Å². The zero-order chi connectivity index (χ0) is 20.5. The third kappa shape index (κ3) is 3.50. The lowest BCUT2D eigenvalue weighted by Gasteiger charge is -2.11. The number of benzene rings is 1. The highest BCUT2D eigenvalue weighted by Crippen LogP contribution is 2.32. The number of hydrogen-bond donors (Lipinski definition) is 1. The standard InChI is InChI=1S/C26H31N3/c1-6-9-21(10-7-2)25-18(4)27-26(28-25)24-15-17(3)29(19(24)5)23-14-13-20-11-8-12-22(20)16-23/h6,9-10,13-16H,7-8,11-12H2,1-5H3,(H,27,28)/b9-6-,21-10+. The number of nitrogens with zero attached hydrogens (tertiary/aromatic N) is 2. The van der Waals surface area contributed by atoms with Crippen molar-refractivity contribution in [3.8, 4) is 17.1 Å². The molecule has 4 rings (SSSR count). The molecule has 1 N–H and O–H groups in total. The van der Waals surface area contributed by atoms with E-state index in [1.54, 1.807) is 0 Å². The van der Waals surface area contributed by atoms with Crippen LogP contribution in [0.1, 0.15) is 60.6 Å². The quantitative estimate of drug-likeness (QED) is 0.490. The van der Waals surface area contributed by atoms with Crippen molar-refractivity contribution in [2.75, 3.05) is 0 Å². The maximum atomic E-state index is 5.00. The summed E-state index contributed by atoms with van der Waals surface area (Å²) in [4.78, 5) is 8.53. The molecule has 0 fully saturated rings. The lowest BCUT2D eigenvalue weighted by molar-refractivity contribution is 0.910. The maximum Gasteiger partial charge on any atom is 0.140 e. The van der Waals surface area contributed by atoms with Crippen LogP contribution in [0, 0.1) is 20.8 Å². The molecule has 0 radical (unpaired) electrons. The van der Waals surface area contributed by atoms with Gasteiger partial charge in [0.2, 0.25) is 0 Å². The molecule has 0 amide bonds. The summed E-state index contributed by atoms with van der Waals surface area (Å²) in [7, 11) is 0. The summed E-state index contributed by atoms with van der Waals surface area (Å²) in [6.45, 7) is 10.7. The Kier molecular flexibility index (Phi) is 5.31. The summed E-state index contributed by atoms with van der Waals surface area (Å²) in [5.74, 6) is 0.949. The molecular weight excluding hydrogens is 354 g/mol. The number of aryl methyl sites for hydroxylation is 4. The van der Waals surface area contributed by atoms with Crippen LogP contribution in [0.4, 0.5) is 0 Å². The molecule has 0 saturated heterocycles. The van der Waals surface area contributed by atoms with E-state index in [1.807, 2.05) is 0 Å². The van der Waals surface area contributed by atoms with Crippen molar-refractivity contribution in [2.45, 2.75) is 60.3 Å².